The monoisotopic (exact) mass is 208 g/mol. The van der Waals surface area contributed by atoms with Gasteiger partial charge in [-0.3, -0.25) is 19.9 Å². The molecule has 1 heterocycles. The van der Waals surface area contributed by atoms with E-state index >= 15 is 0 Å². The summed E-state index contributed by atoms with van der Waals surface area (Å²) in [6.45, 7) is 9.09. The van der Waals surface area contributed by atoms with E-state index in [0.29, 0.717) is 11.3 Å². The molecule has 0 bridgehead atoms. The Morgan fingerprint density at radius 2 is 2.00 bits per heavy atom. The van der Waals surface area contributed by atoms with Crippen LogP contribution in [0.3, 0.4) is 0 Å². The third-order valence-corrected chi connectivity index (χ3v) is 1.69. The van der Waals surface area contributed by atoms with Gasteiger partial charge in [0.2, 0.25) is 5.91 Å². The smallest absolute Gasteiger partial charge is 0.255 e. The van der Waals surface area contributed by atoms with Crippen LogP contribution in [-0.4, -0.2) is 18.0 Å². The summed E-state index contributed by atoms with van der Waals surface area (Å²) in [5.41, 5.74) is 0.992. The largest absolute Gasteiger partial charge is 0.292 e. The van der Waals surface area contributed by atoms with Crippen LogP contribution in [0, 0.1) is 0 Å². The summed E-state index contributed by atoms with van der Waals surface area (Å²) >= 11 is 0. The van der Waals surface area contributed by atoms with E-state index in [1.165, 1.54) is 12.3 Å². The number of carbonyl (C=O) groups is 2. The van der Waals surface area contributed by atoms with E-state index in [1.807, 2.05) is 13.8 Å². The number of rotatable bonds is 2. The molecule has 0 saturated heterocycles. The fourth-order valence-corrected chi connectivity index (χ4v) is 0.965. The molecule has 2 amide bonds. The van der Waals surface area contributed by atoms with Crippen molar-refractivity contribution >= 4 is 18.0 Å². The minimum Gasteiger partial charge on any atom is -0.292 e. The molecule has 1 rings (SSSR count). The molecule has 0 atom stereocenters. The minimum atomic E-state index is -0.368. The maximum atomic E-state index is 11.1. The number of amides is 2. The molecule has 0 aromatic rings. The van der Waals surface area contributed by atoms with Gasteiger partial charge >= 0.3 is 0 Å². The zero-order valence-electron chi connectivity index (χ0n) is 9.33. The number of carbonyl (C=O) groups excluding carboxylic acids is 2. The Bertz CT molecular complexity index is 327. The lowest BCUT2D eigenvalue weighted by Gasteiger charge is -2.13. The van der Waals surface area contributed by atoms with Crippen molar-refractivity contribution in [3.63, 3.8) is 0 Å². The predicted molar refractivity (Wildman–Crippen MR) is 60.5 cm³/mol. The molecule has 1 aliphatic rings. The van der Waals surface area contributed by atoms with Crippen LogP contribution >= 0.6 is 0 Å². The van der Waals surface area contributed by atoms with Crippen molar-refractivity contribution in [2.75, 3.05) is 0 Å². The van der Waals surface area contributed by atoms with E-state index in [2.05, 4.69) is 16.9 Å². The van der Waals surface area contributed by atoms with E-state index in [0.717, 1.165) is 0 Å². The van der Waals surface area contributed by atoms with Crippen molar-refractivity contribution in [2.45, 2.75) is 27.2 Å². The van der Waals surface area contributed by atoms with Crippen molar-refractivity contribution < 1.29 is 9.59 Å². The predicted octanol–water partition coefficient (Wildman–Crippen LogP) is 1.59. The second-order valence-corrected chi connectivity index (χ2v) is 2.64. The van der Waals surface area contributed by atoms with Gasteiger partial charge in [0.1, 0.15) is 0 Å². The Morgan fingerprint density at radius 3 is 2.53 bits per heavy atom. The fraction of sp³-hybridized carbons (Fsp3) is 0.364. The van der Waals surface area contributed by atoms with Gasteiger partial charge in [-0.05, 0) is 6.92 Å². The topological polar surface area (TPSA) is 58.5 Å². The number of allylic oxidation sites excluding steroid dienone is 1. The summed E-state index contributed by atoms with van der Waals surface area (Å²) in [5.74, 6) is -0.681. The quantitative estimate of drug-likeness (QED) is 0.553. The average Bonchev–Trinajstić information content (AvgIpc) is 2.24. The number of hydrogen-bond donors (Lipinski definition) is 1. The van der Waals surface area contributed by atoms with Gasteiger partial charge in [-0.25, -0.2) is 0 Å². The molecular weight excluding hydrogens is 192 g/mol. The average molecular weight is 208 g/mol. The summed E-state index contributed by atoms with van der Waals surface area (Å²) in [4.78, 5) is 26.0. The van der Waals surface area contributed by atoms with Gasteiger partial charge in [-0.1, -0.05) is 26.5 Å². The van der Waals surface area contributed by atoms with Crippen LogP contribution in [0.1, 0.15) is 27.2 Å². The van der Waals surface area contributed by atoms with Crippen LogP contribution in [0.25, 0.3) is 0 Å². The number of nitrogens with one attached hydrogen (secondary N) is 1. The van der Waals surface area contributed by atoms with Gasteiger partial charge in [0.25, 0.3) is 5.91 Å². The summed E-state index contributed by atoms with van der Waals surface area (Å²) in [7, 11) is 0. The van der Waals surface area contributed by atoms with E-state index in [4.69, 9.17) is 0 Å². The number of hydrogen-bond acceptors (Lipinski definition) is 3. The molecule has 0 radical (unpaired) electrons. The van der Waals surface area contributed by atoms with E-state index in [1.54, 1.807) is 6.92 Å². The first-order valence-corrected chi connectivity index (χ1v) is 4.84. The van der Waals surface area contributed by atoms with Gasteiger partial charge in [0, 0.05) is 11.8 Å². The Hall–Kier alpha value is -1.71. The Morgan fingerprint density at radius 1 is 1.40 bits per heavy atom. The number of nitrogens with zero attached hydrogens (tertiary/aromatic N) is 1. The minimum absolute atomic E-state index is 0.155. The van der Waals surface area contributed by atoms with Crippen LogP contribution in [0.4, 0.5) is 0 Å². The number of imide groups is 1. The third-order valence-electron chi connectivity index (χ3n) is 1.69. The highest BCUT2D eigenvalue weighted by Crippen LogP contribution is 2.14. The SMILES string of the molecule is C=CC=NC1=C(C)C(=O)NC(=O)C1.CC. The molecule has 0 spiro atoms. The highest BCUT2D eigenvalue weighted by Gasteiger charge is 2.21. The standard InChI is InChI=1S/C9H10N2O2.C2H6/c1-3-4-10-7-5-8(12)11-9(13)6(7)2;1-2/h3-4H,1,5H2,2H3,(H,11,12,13);1-2H3. The van der Waals surface area contributed by atoms with Crippen molar-refractivity contribution in [3.05, 3.63) is 23.9 Å². The summed E-state index contributed by atoms with van der Waals surface area (Å²) in [5, 5.41) is 2.20. The van der Waals surface area contributed by atoms with Gasteiger partial charge in [-0.15, -0.1) is 0 Å². The van der Waals surface area contributed by atoms with Crippen molar-refractivity contribution in [1.82, 2.24) is 5.32 Å². The second kappa shape index (κ2) is 6.70. The molecule has 0 aromatic carbocycles. The first kappa shape index (κ1) is 13.3. The van der Waals surface area contributed by atoms with Crippen LogP contribution in [-0.2, 0) is 9.59 Å². The maximum Gasteiger partial charge on any atom is 0.255 e. The number of aliphatic imine (C=N–C) groups is 1. The molecule has 4 nitrogen and oxygen atoms in total. The molecule has 0 unspecified atom stereocenters. The van der Waals surface area contributed by atoms with Crippen LogP contribution in [0.15, 0.2) is 28.9 Å². The maximum absolute atomic E-state index is 11.1. The fourth-order valence-electron chi connectivity index (χ4n) is 0.965. The first-order chi connectivity index (χ1) is 7.15. The zero-order chi connectivity index (χ0) is 11.8. The first-order valence-electron chi connectivity index (χ1n) is 4.84. The van der Waals surface area contributed by atoms with Crippen LogP contribution in [0.2, 0.25) is 0 Å². The van der Waals surface area contributed by atoms with Crippen LogP contribution < -0.4 is 5.32 Å². The molecule has 0 saturated carbocycles. The normalized spacial score (nSPS) is 15.9. The zero-order valence-corrected chi connectivity index (χ0v) is 9.33. The molecular formula is C11H16N2O2. The van der Waals surface area contributed by atoms with E-state index in [9.17, 15) is 9.59 Å². The summed E-state index contributed by atoms with van der Waals surface area (Å²) in [6, 6.07) is 0. The summed E-state index contributed by atoms with van der Waals surface area (Å²) in [6.07, 6.45) is 3.11. The van der Waals surface area contributed by atoms with Crippen molar-refractivity contribution in [3.8, 4) is 0 Å². The molecule has 0 aliphatic carbocycles. The lowest BCUT2D eigenvalue weighted by atomic mass is 10.1. The molecule has 15 heavy (non-hydrogen) atoms. The van der Waals surface area contributed by atoms with Crippen LogP contribution in [0.5, 0.6) is 0 Å². The van der Waals surface area contributed by atoms with Crippen molar-refractivity contribution in [1.29, 1.82) is 0 Å². The lowest BCUT2D eigenvalue weighted by molar-refractivity contribution is -0.129. The van der Waals surface area contributed by atoms with Crippen molar-refractivity contribution in [2.24, 2.45) is 4.99 Å². The molecule has 1 aliphatic heterocycles. The lowest BCUT2D eigenvalue weighted by Crippen LogP contribution is -2.35. The third kappa shape index (κ3) is 3.89. The summed E-state index contributed by atoms with van der Waals surface area (Å²) < 4.78 is 0. The molecule has 82 valence electrons. The second-order valence-electron chi connectivity index (χ2n) is 2.64. The van der Waals surface area contributed by atoms with Gasteiger partial charge < -0.3 is 0 Å². The van der Waals surface area contributed by atoms with Gasteiger partial charge in [0.15, 0.2) is 0 Å². The molecule has 0 aromatic heterocycles. The molecule has 1 N–H and O–H groups in total. The highest BCUT2D eigenvalue weighted by molar-refractivity contribution is 6.08. The Balaban J connectivity index is 0.000000921. The molecule has 4 heteroatoms. The highest BCUT2D eigenvalue weighted by atomic mass is 16.2. The molecule has 0 fully saturated rings. The Kier molecular flexibility index (Phi) is 5.94. The van der Waals surface area contributed by atoms with Gasteiger partial charge in [-0.2, -0.15) is 0 Å². The van der Waals surface area contributed by atoms with Gasteiger partial charge in [0.05, 0.1) is 12.1 Å². The van der Waals surface area contributed by atoms with E-state index in [-0.39, 0.29) is 18.2 Å². The van der Waals surface area contributed by atoms with E-state index < -0.39 is 0 Å². The Labute approximate surface area is 89.8 Å².